The van der Waals surface area contributed by atoms with Gasteiger partial charge in [-0.25, -0.2) is 0 Å². The molecule has 0 saturated heterocycles. The number of aryl methyl sites for hydroxylation is 1. The lowest BCUT2D eigenvalue weighted by atomic mass is 9.91. The summed E-state index contributed by atoms with van der Waals surface area (Å²) in [6.07, 6.45) is 1.88. The molecule has 6 heteroatoms. The van der Waals surface area contributed by atoms with Crippen LogP contribution in [0.5, 0.6) is 5.75 Å². The molecular weight excluding hydrogens is 318 g/mol. The molecule has 2 atom stereocenters. The number of nitrogens with one attached hydrogen (secondary N) is 2. The fraction of sp³-hybridized carbons (Fsp3) is 0.316. The Bertz CT molecular complexity index is 865. The van der Waals surface area contributed by atoms with Crippen molar-refractivity contribution in [3.63, 3.8) is 0 Å². The molecule has 1 amide bonds. The van der Waals surface area contributed by atoms with E-state index in [9.17, 15) is 9.59 Å². The Morgan fingerprint density at radius 3 is 2.80 bits per heavy atom. The molecule has 0 saturated carbocycles. The van der Waals surface area contributed by atoms with Crippen LogP contribution in [0.1, 0.15) is 42.6 Å². The molecule has 0 spiro atoms. The predicted molar refractivity (Wildman–Crippen MR) is 92.1 cm³/mol. The number of amides is 1. The summed E-state index contributed by atoms with van der Waals surface area (Å²) in [6.45, 7) is 1.68. The standard InChI is InChI=1S/C19H19N3O3/c1-12(25-14-7-5-13(11-20)6-8-14)19(24)22-17-4-2-3-16-15(17)9-10-18(23)21-16/h5-10,12,17H,2-4H2,1H3,(H,21,23)(H,22,24)/t12-,17-/m1/s1. The van der Waals surface area contributed by atoms with Crippen LogP contribution in [-0.4, -0.2) is 17.0 Å². The molecule has 1 aliphatic rings. The highest BCUT2D eigenvalue weighted by molar-refractivity contribution is 5.81. The number of H-pyrrole nitrogens is 1. The van der Waals surface area contributed by atoms with Gasteiger partial charge in [0.05, 0.1) is 17.7 Å². The van der Waals surface area contributed by atoms with E-state index in [0.29, 0.717) is 11.3 Å². The number of pyridine rings is 1. The number of fused-ring (bicyclic) bond motifs is 1. The molecule has 0 bridgehead atoms. The number of aromatic amines is 1. The predicted octanol–water partition coefficient (Wildman–Crippen LogP) is 2.21. The minimum absolute atomic E-state index is 0.122. The van der Waals surface area contributed by atoms with Gasteiger partial charge in [0, 0.05) is 11.8 Å². The minimum Gasteiger partial charge on any atom is -0.481 e. The Hall–Kier alpha value is -3.07. The number of hydrogen-bond acceptors (Lipinski definition) is 4. The van der Waals surface area contributed by atoms with E-state index in [1.807, 2.05) is 6.07 Å². The van der Waals surface area contributed by atoms with Crippen molar-refractivity contribution in [1.29, 1.82) is 5.26 Å². The molecule has 3 rings (SSSR count). The monoisotopic (exact) mass is 337 g/mol. The molecule has 1 heterocycles. The van der Waals surface area contributed by atoms with Crippen molar-refractivity contribution in [3.8, 4) is 11.8 Å². The average Bonchev–Trinajstić information content (AvgIpc) is 2.62. The van der Waals surface area contributed by atoms with Crippen LogP contribution in [0.2, 0.25) is 0 Å². The van der Waals surface area contributed by atoms with Gasteiger partial charge in [-0.3, -0.25) is 9.59 Å². The number of carbonyl (C=O) groups excluding carboxylic acids is 1. The second-order valence-corrected chi connectivity index (χ2v) is 6.11. The Labute approximate surface area is 145 Å². The summed E-state index contributed by atoms with van der Waals surface area (Å²) in [4.78, 5) is 26.7. The van der Waals surface area contributed by atoms with Crippen LogP contribution in [0.25, 0.3) is 0 Å². The quantitative estimate of drug-likeness (QED) is 0.894. The Morgan fingerprint density at radius 1 is 1.32 bits per heavy atom. The molecule has 128 valence electrons. The summed E-state index contributed by atoms with van der Waals surface area (Å²) in [6, 6.07) is 11.8. The van der Waals surface area contributed by atoms with Crippen LogP contribution < -0.4 is 15.6 Å². The largest absolute Gasteiger partial charge is 0.481 e. The lowest BCUT2D eigenvalue weighted by molar-refractivity contribution is -0.128. The number of carbonyl (C=O) groups is 1. The van der Waals surface area contributed by atoms with Gasteiger partial charge in [0.25, 0.3) is 5.91 Å². The topological polar surface area (TPSA) is 95.0 Å². The van der Waals surface area contributed by atoms with Gasteiger partial charge in [0.2, 0.25) is 5.56 Å². The molecule has 0 fully saturated rings. The summed E-state index contributed by atoms with van der Waals surface area (Å²) in [5.41, 5.74) is 2.27. The van der Waals surface area contributed by atoms with E-state index in [0.717, 1.165) is 30.5 Å². The highest BCUT2D eigenvalue weighted by Crippen LogP contribution is 2.27. The molecule has 6 nitrogen and oxygen atoms in total. The van der Waals surface area contributed by atoms with Crippen molar-refractivity contribution >= 4 is 5.91 Å². The van der Waals surface area contributed by atoms with Crippen LogP contribution in [0, 0.1) is 11.3 Å². The van der Waals surface area contributed by atoms with E-state index in [2.05, 4.69) is 10.3 Å². The second kappa shape index (κ2) is 7.22. The summed E-state index contributed by atoms with van der Waals surface area (Å²) in [5, 5.41) is 11.8. The number of ether oxygens (including phenoxy) is 1. The molecule has 1 aromatic heterocycles. The van der Waals surface area contributed by atoms with Crippen LogP contribution in [0.3, 0.4) is 0 Å². The van der Waals surface area contributed by atoms with E-state index in [1.165, 1.54) is 6.07 Å². The normalized spacial score (nSPS) is 17.0. The third-order valence-electron chi connectivity index (χ3n) is 4.31. The summed E-state index contributed by atoms with van der Waals surface area (Å²) >= 11 is 0. The molecular formula is C19H19N3O3. The Kier molecular flexibility index (Phi) is 4.85. The van der Waals surface area contributed by atoms with Gasteiger partial charge < -0.3 is 15.0 Å². The van der Waals surface area contributed by atoms with E-state index < -0.39 is 6.10 Å². The average molecular weight is 337 g/mol. The molecule has 2 N–H and O–H groups in total. The second-order valence-electron chi connectivity index (χ2n) is 6.11. The summed E-state index contributed by atoms with van der Waals surface area (Å²) < 4.78 is 5.64. The third-order valence-corrected chi connectivity index (χ3v) is 4.31. The van der Waals surface area contributed by atoms with Gasteiger partial charge in [0.1, 0.15) is 5.75 Å². The summed E-state index contributed by atoms with van der Waals surface area (Å²) in [5.74, 6) is 0.323. The zero-order valence-electron chi connectivity index (χ0n) is 13.9. The maximum Gasteiger partial charge on any atom is 0.261 e. The van der Waals surface area contributed by atoms with Crippen molar-refractivity contribution in [3.05, 3.63) is 63.6 Å². The van der Waals surface area contributed by atoms with Gasteiger partial charge in [0.15, 0.2) is 6.10 Å². The lowest BCUT2D eigenvalue weighted by Crippen LogP contribution is -2.40. The third kappa shape index (κ3) is 3.89. The summed E-state index contributed by atoms with van der Waals surface area (Å²) in [7, 11) is 0. The first-order valence-electron chi connectivity index (χ1n) is 8.26. The zero-order chi connectivity index (χ0) is 17.8. The number of hydrogen-bond donors (Lipinski definition) is 2. The first-order valence-corrected chi connectivity index (χ1v) is 8.26. The molecule has 1 aliphatic carbocycles. The molecule has 25 heavy (non-hydrogen) atoms. The van der Waals surface area contributed by atoms with Crippen molar-refractivity contribution in [2.75, 3.05) is 0 Å². The fourth-order valence-corrected chi connectivity index (χ4v) is 3.01. The highest BCUT2D eigenvalue weighted by atomic mass is 16.5. The first-order chi connectivity index (χ1) is 12.1. The molecule has 0 radical (unpaired) electrons. The molecule has 1 aromatic carbocycles. The van der Waals surface area contributed by atoms with Crippen molar-refractivity contribution < 1.29 is 9.53 Å². The molecule has 2 aromatic rings. The minimum atomic E-state index is -0.666. The number of nitrogens with zero attached hydrogens (tertiary/aromatic N) is 1. The van der Waals surface area contributed by atoms with Crippen LogP contribution >= 0.6 is 0 Å². The number of aromatic nitrogens is 1. The lowest BCUT2D eigenvalue weighted by Gasteiger charge is -2.27. The number of rotatable bonds is 4. The highest BCUT2D eigenvalue weighted by Gasteiger charge is 2.25. The van der Waals surface area contributed by atoms with Crippen molar-refractivity contribution in [2.45, 2.75) is 38.3 Å². The Morgan fingerprint density at radius 2 is 2.08 bits per heavy atom. The van der Waals surface area contributed by atoms with Gasteiger partial charge in [-0.2, -0.15) is 5.26 Å². The SMILES string of the molecule is C[C@@H](Oc1ccc(C#N)cc1)C(=O)N[C@@H]1CCCc2[nH]c(=O)ccc21. The Balaban J connectivity index is 1.66. The number of nitriles is 1. The van der Waals surface area contributed by atoms with Crippen molar-refractivity contribution in [2.24, 2.45) is 0 Å². The van der Waals surface area contributed by atoms with Gasteiger partial charge in [-0.05, 0) is 62.1 Å². The van der Waals surface area contributed by atoms with Gasteiger partial charge in [-0.1, -0.05) is 0 Å². The van der Waals surface area contributed by atoms with Crippen LogP contribution in [0.4, 0.5) is 0 Å². The molecule has 0 aliphatic heterocycles. The first kappa shape index (κ1) is 16.8. The van der Waals surface area contributed by atoms with E-state index >= 15 is 0 Å². The van der Waals surface area contributed by atoms with Crippen LogP contribution in [0.15, 0.2) is 41.2 Å². The van der Waals surface area contributed by atoms with Crippen LogP contribution in [-0.2, 0) is 11.2 Å². The van der Waals surface area contributed by atoms with E-state index in [-0.39, 0.29) is 17.5 Å². The smallest absolute Gasteiger partial charge is 0.261 e. The van der Waals surface area contributed by atoms with E-state index in [1.54, 1.807) is 37.3 Å². The van der Waals surface area contributed by atoms with E-state index in [4.69, 9.17) is 10.00 Å². The van der Waals surface area contributed by atoms with Gasteiger partial charge in [-0.15, -0.1) is 0 Å². The van der Waals surface area contributed by atoms with Crippen molar-refractivity contribution in [1.82, 2.24) is 10.3 Å². The maximum absolute atomic E-state index is 12.5. The molecule has 0 unspecified atom stereocenters. The maximum atomic E-state index is 12.5. The zero-order valence-corrected chi connectivity index (χ0v) is 13.9. The fourth-order valence-electron chi connectivity index (χ4n) is 3.01. The number of benzene rings is 1. The van der Waals surface area contributed by atoms with Gasteiger partial charge >= 0.3 is 0 Å².